The van der Waals surface area contributed by atoms with Crippen LogP contribution in [0, 0.1) is 0 Å². The van der Waals surface area contributed by atoms with Crippen LogP contribution in [0.4, 0.5) is 0 Å². The van der Waals surface area contributed by atoms with Crippen molar-refractivity contribution in [1.29, 1.82) is 0 Å². The van der Waals surface area contributed by atoms with E-state index in [1.807, 2.05) is 0 Å². The van der Waals surface area contributed by atoms with Gasteiger partial charge in [-0.3, -0.25) is 0 Å². The predicted molar refractivity (Wildman–Crippen MR) is 54.9 cm³/mol. The Morgan fingerprint density at radius 3 is 0.0235 bits per heavy atom. The minimum Gasteiger partial charge on any atom is -2.00 e. The first-order valence-electron chi connectivity index (χ1n) is 0. The average Bonchev–Trinajstić information content (AvgIpc) is 0. The molecule has 0 saturated heterocycles. The van der Waals surface area contributed by atoms with E-state index in [-0.39, 0.29) is 535 Å². The van der Waals surface area contributed by atoms with Gasteiger partial charge in [0.2, 0.25) is 0 Å². The van der Waals surface area contributed by atoms with Crippen LogP contribution >= 0.6 is 0 Å². The third kappa shape index (κ3) is 81500000. The Bertz CT molecular complexity index is 27.4. The van der Waals surface area contributed by atoms with Crippen LogP contribution in [0.25, 0.3) is 0 Å². The molecule has 0 saturated carbocycles. The van der Waals surface area contributed by atoms with Gasteiger partial charge in [-0.1, -0.05) is 0 Å². The number of hydrogen-bond acceptors (Lipinski definition) is 0. The summed E-state index contributed by atoms with van der Waals surface area (Å²) < 4.78 is 0. The summed E-state index contributed by atoms with van der Waals surface area (Å²) in [6.07, 6.45) is 0. The summed E-state index contributed by atoms with van der Waals surface area (Å²) in [4.78, 5) is 0. The van der Waals surface area contributed by atoms with Gasteiger partial charge in [-0.05, 0) is 0 Å². The van der Waals surface area contributed by atoms with Gasteiger partial charge in [0.1, 0.15) is 0 Å². The van der Waals surface area contributed by atoms with Gasteiger partial charge in [0.05, 0.1) is 0 Å². The number of rotatable bonds is 0. The first kappa shape index (κ1) is 86600000. The fourth-order valence-electron chi connectivity index (χ4n) is 0. The first-order valence-corrected chi connectivity index (χ1v) is 0. The van der Waals surface area contributed by atoms with Crippen LogP contribution in [-0.4, -0.2) is 0 Å². The molecule has 0 spiro atoms. The summed E-state index contributed by atoms with van der Waals surface area (Å²) in [7, 11) is 0. The van der Waals surface area contributed by atoms with Crippen molar-refractivity contribution in [3.8, 4) is 0 Å². The van der Waals surface area contributed by atoms with E-state index in [9.17, 15) is 0 Å². The van der Waals surface area contributed by atoms with Gasteiger partial charge in [0.25, 0.3) is 0 Å². The molecule has 0 fully saturated rings. The van der Waals surface area contributed by atoms with Crippen LogP contribution in [0.5, 0.6) is 0 Å². The normalized spacial score (nSPS) is 0. The molecule has 0 aromatic rings. The Balaban J connectivity index is 0. The molecule has 0 bridgehead atoms. The molecule has 85 heteroatoms. The largest absolute Gasteiger partial charge is 2.00 e. The molecule has 640 valence electrons. The molecule has 0 radical (unpaired) electrons. The van der Waals surface area contributed by atoms with E-state index in [1.165, 1.54) is 0 Å². The molecule has 0 aromatic heterocycles. The molecule has 0 atom stereocenters. The molecule has 0 aromatic carbocycles. The van der Waals surface area contributed by atoms with Gasteiger partial charge in [0, 0.05) is 0 Å². The summed E-state index contributed by atoms with van der Waals surface area (Å²) in [5, 5.41) is 0. The maximum absolute atomic E-state index is 0. The van der Waals surface area contributed by atoms with E-state index in [1.54, 1.807) is 0 Å². The van der Waals surface area contributed by atoms with Gasteiger partial charge in [0.15, 0.2) is 0 Å². The van der Waals surface area contributed by atoms with Crippen molar-refractivity contribution in [1.82, 2.24) is 0 Å². The quantitative estimate of drug-likeness (QED) is 0.204. The molecule has 0 rings (SSSR count). The van der Waals surface area contributed by atoms with Crippen LogP contribution in [-0.2, 0) is 535 Å². The molecule has 0 N–H and O–H groups in total. The fraction of sp³-hybridized carbons (Fsp3) is 0. The molecule has 0 aliphatic rings. The summed E-state index contributed by atoms with van der Waals surface area (Å²) in [6.45, 7) is 0. The Morgan fingerprint density at radius 2 is 0.0235 bits per heavy atom. The van der Waals surface area contributed by atoms with E-state index in [0.29, 0.717) is 0 Å². The van der Waals surface area contributed by atoms with Crippen molar-refractivity contribution in [3.05, 3.63) is 0 Å². The van der Waals surface area contributed by atoms with Crippen LogP contribution in [0.15, 0.2) is 0 Å². The van der Waals surface area contributed by atoms with Gasteiger partial charge in [-0.15, -0.1) is 0 Å². The number of hydrogen-bond donors (Lipinski definition) is 0. The maximum Gasteiger partial charge on any atom is 2.00 e. The van der Waals surface area contributed by atoms with Crippen LogP contribution in [0.1, 0.15) is 0 Å². The van der Waals surface area contributed by atoms with Crippen molar-refractivity contribution >= 4 is 0 Å². The molecule has 0 heterocycles. The monoisotopic (exact) mass is 1600 g/mol. The molecule has 0 aliphatic carbocycles. The van der Waals surface area contributed by atoms with E-state index in [2.05, 4.69) is 0 Å². The predicted octanol–water partition coefficient (Wildman–Crippen LogP) is -9.52. The van der Waals surface area contributed by atoms with Crippen molar-refractivity contribution in [2.45, 2.75) is 0 Å². The van der Waals surface area contributed by atoms with Gasteiger partial charge < -0.3 is 438 Å². The Morgan fingerprint density at radius 1 is 0.0235 bits per heavy atom. The third-order valence-corrected chi connectivity index (χ3v) is 0. The SMILES string of the molecule is [O-2].[O-2].[O-2].[O-2].[O-2].[O-2].[O-2].[O-2].[O-2].[O-2].[O-2].[O-2].[O-2].[O-2].[O-2].[O-2].[O-2].[O-2].[O-2].[O-2].[O-2].[O-2].[O-2].[O-2].[O-2].[O-2].[O-2].[O-2].[O-2].[O-2].[O-2].[O-2].[O-2].[O-2].[O-2].[O-2].[O-2].[O-2].[O-2].[O-2].[O-2].[O-2].[O-2].[O-2].[O-2].[O-2].[O-2].[O-2].[O-2].[O-2].[O-2].[O-2].[O-2].[O-2].[O-2].[O-2].[O-2].[O-2].[O-2].[O-2].[O-2].[O-2].[O-2].[O-2].[O-2].[O-2].[O-2].[O-2].[O-2].[O-2].[O-2].[O-2].[O-2].[O-2].[O-2].[O-2].[O-2].[O-2].[O-2].[O-2].[Zn+2].[Zn+2].[Zn+2].[Zn+2].[Zn+2]. The van der Waals surface area contributed by atoms with Crippen molar-refractivity contribution < 1.29 is 535 Å². The average molecular weight is 1610 g/mol. The second kappa shape index (κ2) is 83500000. The smallest absolute Gasteiger partial charge is 2.00 e. The van der Waals surface area contributed by atoms with Crippen LogP contribution < -0.4 is 0 Å². The van der Waals surface area contributed by atoms with E-state index < -0.39 is 0 Å². The second-order valence-corrected chi connectivity index (χ2v) is 0. The third-order valence-electron chi connectivity index (χ3n) is 0. The summed E-state index contributed by atoms with van der Waals surface area (Å²) in [5.74, 6) is 0. The molecule has 85 heavy (non-hydrogen) atoms. The van der Waals surface area contributed by atoms with Crippen LogP contribution in [0.3, 0.4) is 0 Å². The van der Waals surface area contributed by atoms with Crippen molar-refractivity contribution in [3.63, 3.8) is 0 Å². The Kier molecular flexibility index (Phi) is 85000000000000. The maximum atomic E-state index is 0. The molecular weight excluding hydrogens is 1610 g/mol. The Labute approximate surface area is 534 Å². The zero-order valence-corrected chi connectivity index (χ0v) is 51.0. The van der Waals surface area contributed by atoms with Crippen molar-refractivity contribution in [2.75, 3.05) is 0 Å². The van der Waals surface area contributed by atoms with Gasteiger partial charge in [-0.25, -0.2) is 0 Å². The summed E-state index contributed by atoms with van der Waals surface area (Å²) in [6, 6.07) is 0. The van der Waals surface area contributed by atoms with E-state index >= 15 is 0 Å². The molecular formula is O80Zn5-150. The van der Waals surface area contributed by atoms with E-state index in [0.717, 1.165) is 0 Å². The minimum atomic E-state index is 0. The van der Waals surface area contributed by atoms with Gasteiger partial charge >= 0.3 is 97.4 Å². The minimum absolute atomic E-state index is 0. The fourth-order valence-corrected chi connectivity index (χ4v) is 0. The zero-order chi connectivity index (χ0) is 0. The summed E-state index contributed by atoms with van der Waals surface area (Å²) in [5.41, 5.74) is 0. The molecule has 80 nitrogen and oxygen atoms in total. The topological polar surface area (TPSA) is 2280 Å². The summed E-state index contributed by atoms with van der Waals surface area (Å²) >= 11 is 0. The molecule has 0 amide bonds. The second-order valence-electron chi connectivity index (χ2n) is 0. The molecule has 0 aliphatic heterocycles. The van der Waals surface area contributed by atoms with Crippen LogP contribution in [0.2, 0.25) is 0 Å². The first-order chi connectivity index (χ1) is 0. The standard InChI is InChI=1S/80O.5Zn/q80*-2;5*+2. The Hall–Kier alpha value is -0.0831. The van der Waals surface area contributed by atoms with Gasteiger partial charge in [-0.2, -0.15) is 0 Å². The molecule has 0 unspecified atom stereocenters. The van der Waals surface area contributed by atoms with Crippen molar-refractivity contribution in [2.24, 2.45) is 0 Å². The zero-order valence-electron chi connectivity index (χ0n) is 36.2. The van der Waals surface area contributed by atoms with E-state index in [4.69, 9.17) is 0 Å².